The van der Waals surface area contributed by atoms with Crippen LogP contribution in [-0.4, -0.2) is 42.5 Å². The maximum atomic E-state index is 13.7. The molecule has 3 rings (SSSR count). The number of aliphatic hydroxyl groups excluding tert-OH is 1. The highest BCUT2D eigenvalue weighted by Gasteiger charge is 2.18. The van der Waals surface area contributed by atoms with Gasteiger partial charge in [0.2, 0.25) is 0 Å². The minimum Gasteiger partial charge on any atom is -0.497 e. The molecule has 0 unspecified atom stereocenters. The van der Waals surface area contributed by atoms with Crippen LogP contribution in [0.3, 0.4) is 0 Å². The number of hydrogen-bond donors (Lipinski definition) is 5. The van der Waals surface area contributed by atoms with E-state index >= 15 is 0 Å². The Morgan fingerprint density at radius 2 is 1.55 bits per heavy atom. The summed E-state index contributed by atoms with van der Waals surface area (Å²) in [6, 6.07) is 17.2. The van der Waals surface area contributed by atoms with E-state index in [2.05, 4.69) is 5.48 Å². The average molecular weight is 538 g/mol. The van der Waals surface area contributed by atoms with Crippen molar-refractivity contribution >= 4 is 5.97 Å². The van der Waals surface area contributed by atoms with Crippen molar-refractivity contribution in [2.45, 2.75) is 32.0 Å². The van der Waals surface area contributed by atoms with Gasteiger partial charge < -0.3 is 26.4 Å². The second kappa shape index (κ2) is 18.7. The summed E-state index contributed by atoms with van der Waals surface area (Å²) in [5.74, 6) is -3.67. The number of methoxy groups -OCH3 is 1. The number of carbonyl (C=O) groups is 1. The van der Waals surface area contributed by atoms with Gasteiger partial charge in [0.15, 0.2) is 11.6 Å². The molecule has 0 aliphatic heterocycles. The fraction of sp³-hybridized carbons (Fsp3) is 0.296. The lowest BCUT2D eigenvalue weighted by Crippen LogP contribution is -2.33. The minimum atomic E-state index is -1.29. The van der Waals surface area contributed by atoms with Crippen LogP contribution in [0.25, 0.3) is 0 Å². The van der Waals surface area contributed by atoms with Crippen molar-refractivity contribution in [3.8, 4) is 5.75 Å². The molecule has 0 bridgehead atoms. The number of carboxylic acid groups (broad SMARTS) is 1. The molecule has 0 radical (unpaired) electrons. The Morgan fingerprint density at radius 1 is 0.947 bits per heavy atom. The maximum Gasteiger partial charge on any atom is 0.305 e. The summed E-state index contributed by atoms with van der Waals surface area (Å²) in [5, 5.41) is 16.7. The van der Waals surface area contributed by atoms with E-state index in [-0.39, 0.29) is 31.6 Å². The third-order valence-corrected chi connectivity index (χ3v) is 4.83. The van der Waals surface area contributed by atoms with Crippen LogP contribution in [0.5, 0.6) is 5.75 Å². The topological polar surface area (TPSA) is 140 Å². The normalized spacial score (nSPS) is 10.9. The molecule has 0 heterocycles. The van der Waals surface area contributed by atoms with Gasteiger partial charge in [0.25, 0.3) is 0 Å². The van der Waals surface area contributed by atoms with Gasteiger partial charge in [-0.25, -0.2) is 13.2 Å². The Bertz CT molecular complexity index is 1050. The molecule has 0 aliphatic carbocycles. The molecule has 8 nitrogen and oxygen atoms in total. The van der Waals surface area contributed by atoms with Crippen molar-refractivity contribution in [1.29, 1.82) is 0 Å². The Balaban J connectivity index is 0.000000424. The van der Waals surface area contributed by atoms with E-state index in [1.807, 2.05) is 54.6 Å². The van der Waals surface area contributed by atoms with Crippen LogP contribution in [0, 0.1) is 17.5 Å². The van der Waals surface area contributed by atoms with E-state index in [1.165, 1.54) is 0 Å². The van der Waals surface area contributed by atoms with E-state index in [0.717, 1.165) is 22.9 Å². The summed E-state index contributed by atoms with van der Waals surface area (Å²) >= 11 is 0. The first-order valence-corrected chi connectivity index (χ1v) is 11.6. The van der Waals surface area contributed by atoms with Gasteiger partial charge in [0.05, 0.1) is 26.7 Å². The van der Waals surface area contributed by atoms with E-state index in [4.69, 9.17) is 31.3 Å². The number of hydrogen-bond acceptors (Lipinski definition) is 7. The van der Waals surface area contributed by atoms with Gasteiger partial charge in [-0.05, 0) is 41.3 Å². The average Bonchev–Trinajstić information content (AvgIpc) is 2.92. The largest absolute Gasteiger partial charge is 0.497 e. The standard InChI is InChI=1S/C17H16F3NO3.C8H11NO.C2H7NO/c18-14-9-16(20)15(19)7-12(14)6-13(8-17(22)23)21-24-10-11-4-2-1-3-5-11;1-10-8-4-2-7(6-9)3-5-8;3-1-2-4/h1-5,7,9,13,21H,6,8,10H2,(H,22,23);2-5H,6,9H2,1H3;4H,1-3H2/t13-;;/m1../s1. The number of nitrogens with one attached hydrogen (secondary N) is 1. The molecule has 7 N–H and O–H groups in total. The van der Waals surface area contributed by atoms with Crippen LogP contribution in [0.4, 0.5) is 13.2 Å². The first-order chi connectivity index (χ1) is 18.2. The van der Waals surface area contributed by atoms with Crippen molar-refractivity contribution in [3.05, 3.63) is 101 Å². The maximum absolute atomic E-state index is 13.7. The Hall–Kier alpha value is -3.48. The zero-order valence-corrected chi connectivity index (χ0v) is 21.1. The van der Waals surface area contributed by atoms with Crippen molar-refractivity contribution in [3.63, 3.8) is 0 Å². The third kappa shape index (κ3) is 13.2. The van der Waals surface area contributed by atoms with Gasteiger partial charge in [0.1, 0.15) is 11.6 Å². The summed E-state index contributed by atoms with van der Waals surface area (Å²) in [4.78, 5) is 16.2. The molecule has 3 aromatic carbocycles. The lowest BCUT2D eigenvalue weighted by molar-refractivity contribution is -0.138. The van der Waals surface area contributed by atoms with Crippen molar-refractivity contribution in [2.24, 2.45) is 11.5 Å². The van der Waals surface area contributed by atoms with E-state index in [9.17, 15) is 18.0 Å². The lowest BCUT2D eigenvalue weighted by Gasteiger charge is -2.17. The van der Waals surface area contributed by atoms with Crippen LogP contribution >= 0.6 is 0 Å². The molecule has 0 aromatic heterocycles. The van der Waals surface area contributed by atoms with E-state index in [0.29, 0.717) is 19.2 Å². The quantitative estimate of drug-likeness (QED) is 0.185. The number of aliphatic carboxylic acids is 1. The smallest absolute Gasteiger partial charge is 0.305 e. The molecule has 0 aliphatic rings. The molecule has 0 amide bonds. The Morgan fingerprint density at radius 3 is 2.08 bits per heavy atom. The molecule has 3 aromatic rings. The molecule has 0 saturated carbocycles. The molecule has 38 heavy (non-hydrogen) atoms. The predicted octanol–water partition coefficient (Wildman–Crippen LogP) is 3.30. The van der Waals surface area contributed by atoms with Gasteiger partial charge in [0, 0.05) is 25.2 Å². The third-order valence-electron chi connectivity index (χ3n) is 4.83. The van der Waals surface area contributed by atoms with Gasteiger partial charge in [-0.1, -0.05) is 42.5 Å². The Labute approximate surface area is 219 Å². The Kier molecular flexibility index (Phi) is 16.0. The highest BCUT2D eigenvalue weighted by Crippen LogP contribution is 2.16. The summed E-state index contributed by atoms with van der Waals surface area (Å²) in [7, 11) is 1.65. The number of carboxylic acids is 1. The molecule has 0 fully saturated rings. The fourth-order valence-corrected chi connectivity index (χ4v) is 2.93. The highest BCUT2D eigenvalue weighted by atomic mass is 19.2. The first kappa shape index (κ1) is 32.5. The van der Waals surface area contributed by atoms with Crippen LogP contribution in [0.1, 0.15) is 23.1 Å². The van der Waals surface area contributed by atoms with Crippen LogP contribution in [0.2, 0.25) is 0 Å². The highest BCUT2D eigenvalue weighted by molar-refractivity contribution is 5.67. The SMILES string of the molecule is COc1ccc(CN)cc1.NCCO.O=C(O)C[C@@H](Cc1cc(F)c(F)cc1F)NOCc1ccccc1. The molecule has 0 saturated heterocycles. The number of benzene rings is 3. The predicted molar refractivity (Wildman–Crippen MR) is 137 cm³/mol. The van der Waals surface area contributed by atoms with Crippen LogP contribution < -0.4 is 21.7 Å². The molecule has 1 atom stereocenters. The first-order valence-electron chi connectivity index (χ1n) is 11.6. The van der Waals surface area contributed by atoms with Crippen LogP contribution in [0.15, 0.2) is 66.7 Å². The van der Waals surface area contributed by atoms with Crippen molar-refractivity contribution in [2.75, 3.05) is 20.3 Å². The number of aliphatic hydroxyl groups is 1. The zero-order valence-electron chi connectivity index (χ0n) is 21.1. The van der Waals surface area contributed by atoms with Crippen LogP contribution in [-0.2, 0) is 29.2 Å². The number of hydroxylamine groups is 1. The van der Waals surface area contributed by atoms with Gasteiger partial charge in [-0.3, -0.25) is 9.63 Å². The van der Waals surface area contributed by atoms with Crippen molar-refractivity contribution < 1.29 is 37.8 Å². The summed E-state index contributed by atoms with van der Waals surface area (Å²) in [6.07, 6.45) is -0.530. The van der Waals surface area contributed by atoms with E-state index in [1.54, 1.807) is 7.11 Å². The number of halogens is 3. The van der Waals surface area contributed by atoms with Gasteiger partial charge in [-0.15, -0.1) is 0 Å². The monoisotopic (exact) mass is 537 g/mol. The number of ether oxygens (including phenoxy) is 1. The zero-order chi connectivity index (χ0) is 28.3. The minimum absolute atomic E-state index is 0.0972. The molecular weight excluding hydrogens is 503 g/mol. The van der Waals surface area contributed by atoms with Crippen molar-refractivity contribution in [1.82, 2.24) is 5.48 Å². The van der Waals surface area contributed by atoms with E-state index < -0.39 is 29.5 Å². The molecule has 208 valence electrons. The summed E-state index contributed by atoms with van der Waals surface area (Å²) < 4.78 is 44.8. The molecular formula is C27H34F3N3O5. The number of nitrogens with two attached hydrogens (primary N) is 2. The summed E-state index contributed by atoms with van der Waals surface area (Å²) in [6.45, 7) is 1.24. The molecule has 11 heteroatoms. The lowest BCUT2D eigenvalue weighted by atomic mass is 10.0. The molecule has 0 spiro atoms. The van der Waals surface area contributed by atoms with Gasteiger partial charge >= 0.3 is 5.97 Å². The fourth-order valence-electron chi connectivity index (χ4n) is 2.93. The van der Waals surface area contributed by atoms with Gasteiger partial charge in [-0.2, -0.15) is 5.48 Å². The second-order valence-electron chi connectivity index (χ2n) is 7.81. The second-order valence-corrected chi connectivity index (χ2v) is 7.81. The number of rotatable bonds is 11. The summed E-state index contributed by atoms with van der Waals surface area (Å²) in [5.41, 5.74) is 14.6.